The number of hydrogen-bond donors (Lipinski definition) is 0. The molecule has 2 rings (SSSR count). The number of rotatable bonds is 9. The second-order valence-electron chi connectivity index (χ2n) is 6.20. The molecule has 0 spiro atoms. The van der Waals surface area contributed by atoms with Crippen LogP contribution in [0.2, 0.25) is 0 Å². The van der Waals surface area contributed by atoms with E-state index in [2.05, 4.69) is 20.5 Å². The summed E-state index contributed by atoms with van der Waals surface area (Å²) >= 11 is 3.36. The molecule has 0 bridgehead atoms. The van der Waals surface area contributed by atoms with E-state index < -0.39 is 5.97 Å². The predicted octanol–water partition coefficient (Wildman–Crippen LogP) is 4.34. The quantitative estimate of drug-likeness (QED) is 0.255. The number of ketones is 1. The fourth-order valence-electron chi connectivity index (χ4n) is 2.80. The zero-order valence-corrected chi connectivity index (χ0v) is 17.4. The largest absolute Gasteiger partial charge is 0.454 e. The van der Waals surface area contributed by atoms with Crippen LogP contribution in [0, 0.1) is 13.8 Å². The number of Topliss-reactive ketones (excluding diaryl/α,β-unsaturated/α-hetero) is 1. The third kappa shape index (κ3) is 6.19. The average molecular weight is 434 g/mol. The molecule has 144 valence electrons. The number of benzene rings is 1. The second-order valence-corrected chi connectivity index (χ2v) is 7.11. The summed E-state index contributed by atoms with van der Waals surface area (Å²) < 4.78 is 13.2. The molecule has 0 N–H and O–H groups in total. The first-order valence-electron chi connectivity index (χ1n) is 8.71. The van der Waals surface area contributed by atoms with Gasteiger partial charge >= 0.3 is 5.97 Å². The molecule has 0 fully saturated rings. The van der Waals surface area contributed by atoms with Gasteiger partial charge in [0, 0.05) is 47.8 Å². The SMILES string of the molecule is COCCCn1c(C)cc(C(=O)COC(=O)/C=C/c2ccc(Br)cc2)c1C. The average Bonchev–Trinajstić information content (AvgIpc) is 2.94. The Hall–Kier alpha value is -2.18. The van der Waals surface area contributed by atoms with Gasteiger partial charge in [0.05, 0.1) is 0 Å². The molecule has 0 unspecified atom stereocenters. The summed E-state index contributed by atoms with van der Waals surface area (Å²) in [4.78, 5) is 24.3. The molecule has 0 radical (unpaired) electrons. The third-order valence-corrected chi connectivity index (χ3v) is 4.76. The minimum absolute atomic E-state index is 0.202. The standard InChI is InChI=1S/C21H24BrNO4/c1-15-13-19(16(2)23(15)11-4-12-26-3)20(24)14-27-21(25)10-7-17-5-8-18(22)9-6-17/h5-10,13H,4,11-12,14H2,1-3H3/b10-7+. The first kappa shape index (κ1) is 21.1. The number of carbonyl (C=O) groups excluding carboxylic acids is 2. The van der Waals surface area contributed by atoms with Gasteiger partial charge < -0.3 is 14.0 Å². The number of aryl methyl sites for hydroxylation is 1. The third-order valence-electron chi connectivity index (χ3n) is 4.23. The highest BCUT2D eigenvalue weighted by molar-refractivity contribution is 9.10. The Morgan fingerprint density at radius 3 is 2.56 bits per heavy atom. The summed E-state index contributed by atoms with van der Waals surface area (Å²) in [6.45, 7) is 5.05. The monoisotopic (exact) mass is 433 g/mol. The lowest BCUT2D eigenvalue weighted by Gasteiger charge is -2.09. The van der Waals surface area contributed by atoms with Gasteiger partial charge in [-0.1, -0.05) is 28.1 Å². The van der Waals surface area contributed by atoms with Crippen molar-refractivity contribution in [1.29, 1.82) is 0 Å². The van der Waals surface area contributed by atoms with Gasteiger partial charge in [-0.25, -0.2) is 4.79 Å². The van der Waals surface area contributed by atoms with Gasteiger partial charge in [0.15, 0.2) is 6.61 Å². The topological polar surface area (TPSA) is 57.5 Å². The maximum absolute atomic E-state index is 12.4. The zero-order chi connectivity index (χ0) is 19.8. The second kappa shape index (κ2) is 10.2. The highest BCUT2D eigenvalue weighted by Gasteiger charge is 2.16. The number of aromatic nitrogens is 1. The number of nitrogens with zero attached hydrogens (tertiary/aromatic N) is 1. The molecule has 0 amide bonds. The number of ether oxygens (including phenoxy) is 2. The van der Waals surface area contributed by atoms with Crippen molar-refractivity contribution in [2.75, 3.05) is 20.3 Å². The zero-order valence-electron chi connectivity index (χ0n) is 15.8. The fraction of sp³-hybridized carbons (Fsp3) is 0.333. The Bertz CT molecular complexity index is 821. The Morgan fingerprint density at radius 1 is 1.19 bits per heavy atom. The summed E-state index contributed by atoms with van der Waals surface area (Å²) in [7, 11) is 1.67. The van der Waals surface area contributed by atoms with E-state index in [0.717, 1.165) is 34.4 Å². The lowest BCUT2D eigenvalue weighted by atomic mass is 10.1. The molecule has 1 aromatic carbocycles. The molecule has 0 aliphatic heterocycles. The van der Waals surface area contributed by atoms with E-state index in [9.17, 15) is 9.59 Å². The summed E-state index contributed by atoms with van der Waals surface area (Å²) in [5, 5.41) is 0. The van der Waals surface area contributed by atoms with Crippen LogP contribution in [-0.2, 0) is 20.8 Å². The van der Waals surface area contributed by atoms with Crippen LogP contribution in [0.15, 0.2) is 40.9 Å². The Morgan fingerprint density at radius 2 is 1.89 bits per heavy atom. The molecule has 0 atom stereocenters. The molecule has 5 nitrogen and oxygen atoms in total. The summed E-state index contributed by atoms with van der Waals surface area (Å²) in [5.74, 6) is -0.744. The number of halogens is 1. The van der Waals surface area contributed by atoms with E-state index in [0.29, 0.717) is 12.2 Å². The van der Waals surface area contributed by atoms with E-state index in [-0.39, 0.29) is 12.4 Å². The first-order valence-corrected chi connectivity index (χ1v) is 9.51. The molecule has 27 heavy (non-hydrogen) atoms. The number of esters is 1. The molecule has 6 heteroatoms. The predicted molar refractivity (Wildman–Crippen MR) is 109 cm³/mol. The van der Waals surface area contributed by atoms with Gasteiger partial charge in [0.1, 0.15) is 0 Å². The van der Waals surface area contributed by atoms with E-state index in [1.807, 2.05) is 44.2 Å². The van der Waals surface area contributed by atoms with Crippen LogP contribution in [0.3, 0.4) is 0 Å². The van der Waals surface area contributed by atoms with Crippen LogP contribution in [0.25, 0.3) is 6.08 Å². The Kier molecular flexibility index (Phi) is 8.00. The molecular weight excluding hydrogens is 410 g/mol. The smallest absolute Gasteiger partial charge is 0.331 e. The summed E-state index contributed by atoms with van der Waals surface area (Å²) in [5.41, 5.74) is 3.36. The van der Waals surface area contributed by atoms with Gasteiger partial charge in [0.2, 0.25) is 5.78 Å². The molecule has 1 heterocycles. The van der Waals surface area contributed by atoms with Crippen molar-refractivity contribution in [1.82, 2.24) is 4.57 Å². The van der Waals surface area contributed by atoms with Crippen molar-refractivity contribution in [2.24, 2.45) is 0 Å². The lowest BCUT2D eigenvalue weighted by Crippen LogP contribution is -2.14. The van der Waals surface area contributed by atoms with Crippen molar-refractivity contribution < 1.29 is 19.1 Å². The van der Waals surface area contributed by atoms with E-state index in [1.54, 1.807) is 13.2 Å². The van der Waals surface area contributed by atoms with Crippen molar-refractivity contribution in [2.45, 2.75) is 26.8 Å². The highest BCUT2D eigenvalue weighted by Crippen LogP contribution is 2.17. The molecule has 0 aliphatic rings. The van der Waals surface area contributed by atoms with Crippen LogP contribution >= 0.6 is 15.9 Å². The van der Waals surface area contributed by atoms with Crippen molar-refractivity contribution >= 4 is 33.8 Å². The van der Waals surface area contributed by atoms with Gasteiger partial charge in [-0.2, -0.15) is 0 Å². The normalized spacial score (nSPS) is 11.1. The lowest BCUT2D eigenvalue weighted by molar-refractivity contribution is -0.136. The molecule has 0 saturated heterocycles. The van der Waals surface area contributed by atoms with Crippen molar-refractivity contribution in [3.8, 4) is 0 Å². The van der Waals surface area contributed by atoms with Gasteiger partial charge in [-0.05, 0) is 50.1 Å². The number of carbonyl (C=O) groups is 2. The Balaban J connectivity index is 1.92. The van der Waals surface area contributed by atoms with E-state index >= 15 is 0 Å². The molecule has 0 aliphatic carbocycles. The minimum atomic E-state index is -0.542. The van der Waals surface area contributed by atoms with Crippen LogP contribution in [0.4, 0.5) is 0 Å². The highest BCUT2D eigenvalue weighted by atomic mass is 79.9. The first-order chi connectivity index (χ1) is 12.9. The van der Waals surface area contributed by atoms with Gasteiger partial charge in [0.25, 0.3) is 0 Å². The van der Waals surface area contributed by atoms with Crippen LogP contribution < -0.4 is 0 Å². The summed E-state index contributed by atoms with van der Waals surface area (Å²) in [6, 6.07) is 9.36. The number of hydrogen-bond acceptors (Lipinski definition) is 4. The van der Waals surface area contributed by atoms with Crippen molar-refractivity contribution in [3.05, 3.63) is 63.4 Å². The number of methoxy groups -OCH3 is 1. The van der Waals surface area contributed by atoms with E-state index in [4.69, 9.17) is 9.47 Å². The molecular formula is C21H24BrNO4. The molecule has 2 aromatic rings. The Labute approximate surface area is 168 Å². The van der Waals surface area contributed by atoms with Crippen LogP contribution in [-0.4, -0.2) is 36.6 Å². The minimum Gasteiger partial charge on any atom is -0.454 e. The van der Waals surface area contributed by atoms with Gasteiger partial charge in [-0.15, -0.1) is 0 Å². The maximum Gasteiger partial charge on any atom is 0.331 e. The molecule has 0 saturated carbocycles. The summed E-state index contributed by atoms with van der Waals surface area (Å²) in [6.07, 6.45) is 3.85. The van der Waals surface area contributed by atoms with Crippen molar-refractivity contribution in [3.63, 3.8) is 0 Å². The molecule has 1 aromatic heterocycles. The van der Waals surface area contributed by atoms with E-state index in [1.165, 1.54) is 6.08 Å². The fourth-order valence-corrected chi connectivity index (χ4v) is 3.06. The van der Waals surface area contributed by atoms with Crippen LogP contribution in [0.5, 0.6) is 0 Å². The van der Waals surface area contributed by atoms with Crippen LogP contribution in [0.1, 0.15) is 33.7 Å². The van der Waals surface area contributed by atoms with Gasteiger partial charge in [-0.3, -0.25) is 4.79 Å². The maximum atomic E-state index is 12.4.